The summed E-state index contributed by atoms with van der Waals surface area (Å²) in [5, 5.41) is 22.1. The lowest BCUT2D eigenvalue weighted by Crippen LogP contribution is -2.58. The lowest BCUT2D eigenvalue weighted by atomic mass is 10.1. The zero-order valence-electron chi connectivity index (χ0n) is 15.1. The van der Waals surface area contributed by atoms with Crippen LogP contribution in [0.3, 0.4) is 0 Å². The lowest BCUT2D eigenvalue weighted by molar-refractivity contribution is -0.139. The average Bonchev–Trinajstić information content (AvgIpc) is 2.63. The van der Waals surface area contributed by atoms with E-state index in [-0.39, 0.29) is 6.42 Å². The molecular weight excluding hydrogens is 378 g/mol. The van der Waals surface area contributed by atoms with Crippen LogP contribution in [0.25, 0.3) is 0 Å². The standard InChI is InChI=1S/C14H27N7O7/c15-4-2-1-3-8(13(26)27)18-14(28)19-9(5-10(17)23)12(25)21-20-11(24)7(16)6-22/h7-9,22H,1-6,15-16H2,(H2,17,23)(H,20,24)(H,21,25)(H,26,27)(H2,18,19,28)/t7-,8?,9?/m0/s1. The Morgan fingerprint density at radius 3 is 2.00 bits per heavy atom. The normalized spacial score (nSPS) is 13.5. The molecule has 0 fully saturated rings. The maximum Gasteiger partial charge on any atom is 0.326 e. The van der Waals surface area contributed by atoms with Gasteiger partial charge < -0.3 is 38.0 Å². The Morgan fingerprint density at radius 2 is 1.50 bits per heavy atom. The molecule has 2 unspecified atom stereocenters. The molecule has 0 bridgehead atoms. The van der Waals surface area contributed by atoms with Crippen LogP contribution in [0.2, 0.25) is 0 Å². The molecule has 0 rings (SSSR count). The fourth-order valence-corrected chi connectivity index (χ4v) is 1.90. The molecule has 3 atom stereocenters. The van der Waals surface area contributed by atoms with Gasteiger partial charge in [0.25, 0.3) is 11.8 Å². The van der Waals surface area contributed by atoms with E-state index in [1.807, 2.05) is 10.9 Å². The first kappa shape index (κ1) is 25.0. The number of nitrogens with one attached hydrogen (secondary N) is 4. The highest BCUT2D eigenvalue weighted by Gasteiger charge is 2.26. The van der Waals surface area contributed by atoms with Crippen molar-refractivity contribution in [1.29, 1.82) is 0 Å². The smallest absolute Gasteiger partial charge is 0.326 e. The van der Waals surface area contributed by atoms with Crippen molar-refractivity contribution in [2.75, 3.05) is 13.2 Å². The van der Waals surface area contributed by atoms with Crippen LogP contribution in [0.5, 0.6) is 0 Å². The van der Waals surface area contributed by atoms with Gasteiger partial charge in [0.05, 0.1) is 13.0 Å². The van der Waals surface area contributed by atoms with Crippen LogP contribution in [-0.4, -0.2) is 71.2 Å². The Kier molecular flexibility index (Phi) is 11.8. The number of urea groups is 1. The third-order valence-electron chi connectivity index (χ3n) is 3.42. The van der Waals surface area contributed by atoms with Crippen LogP contribution < -0.4 is 38.7 Å². The van der Waals surface area contributed by atoms with E-state index in [0.717, 1.165) is 0 Å². The molecule has 0 aromatic carbocycles. The fourth-order valence-electron chi connectivity index (χ4n) is 1.90. The number of primary amides is 1. The third-order valence-corrected chi connectivity index (χ3v) is 3.42. The summed E-state index contributed by atoms with van der Waals surface area (Å²) in [5.41, 5.74) is 19.4. The summed E-state index contributed by atoms with van der Waals surface area (Å²) in [6.45, 7) is -0.307. The van der Waals surface area contributed by atoms with Crippen molar-refractivity contribution in [2.45, 2.75) is 43.8 Å². The molecule has 14 heteroatoms. The number of carboxylic acid groups (broad SMARTS) is 1. The molecule has 0 spiro atoms. The minimum atomic E-state index is -1.50. The molecule has 0 saturated heterocycles. The molecule has 0 aliphatic carbocycles. The summed E-state index contributed by atoms with van der Waals surface area (Å²) in [4.78, 5) is 57.8. The number of amides is 5. The van der Waals surface area contributed by atoms with Crippen molar-refractivity contribution in [3.8, 4) is 0 Å². The fraction of sp³-hybridized carbons (Fsp3) is 0.643. The number of aliphatic hydroxyl groups excluding tert-OH is 1. The van der Waals surface area contributed by atoms with Gasteiger partial charge in [-0.15, -0.1) is 0 Å². The third kappa shape index (κ3) is 10.2. The number of carbonyl (C=O) groups is 5. The summed E-state index contributed by atoms with van der Waals surface area (Å²) in [6, 6.07) is -5.05. The number of nitrogens with two attached hydrogens (primary N) is 3. The van der Waals surface area contributed by atoms with Crippen LogP contribution in [-0.2, 0) is 19.2 Å². The molecule has 0 heterocycles. The lowest BCUT2D eigenvalue weighted by Gasteiger charge is -2.20. The van der Waals surface area contributed by atoms with Gasteiger partial charge >= 0.3 is 12.0 Å². The molecule has 0 aliphatic rings. The monoisotopic (exact) mass is 405 g/mol. The zero-order valence-corrected chi connectivity index (χ0v) is 15.1. The van der Waals surface area contributed by atoms with Crippen LogP contribution in [0.15, 0.2) is 0 Å². The van der Waals surface area contributed by atoms with Crippen LogP contribution in [0.4, 0.5) is 4.79 Å². The van der Waals surface area contributed by atoms with Crippen molar-refractivity contribution >= 4 is 29.7 Å². The quantitative estimate of drug-likeness (QED) is 0.112. The molecule has 0 aromatic rings. The summed E-state index contributed by atoms with van der Waals surface area (Å²) in [5.74, 6) is -4.14. The summed E-state index contributed by atoms with van der Waals surface area (Å²) in [6.07, 6.45) is 0.513. The van der Waals surface area contributed by atoms with E-state index in [0.29, 0.717) is 19.4 Å². The highest BCUT2D eigenvalue weighted by Crippen LogP contribution is 2.01. The second kappa shape index (κ2) is 13.2. The van der Waals surface area contributed by atoms with E-state index < -0.39 is 60.9 Å². The average molecular weight is 405 g/mol. The van der Waals surface area contributed by atoms with Gasteiger partial charge in [0.1, 0.15) is 18.1 Å². The molecule has 160 valence electrons. The number of hydrogen-bond acceptors (Lipinski definition) is 8. The van der Waals surface area contributed by atoms with Gasteiger partial charge in [0, 0.05) is 0 Å². The number of aliphatic hydroxyl groups is 1. The van der Waals surface area contributed by atoms with Crippen LogP contribution in [0.1, 0.15) is 25.7 Å². The number of unbranched alkanes of at least 4 members (excludes halogenated alkanes) is 1. The van der Waals surface area contributed by atoms with E-state index in [9.17, 15) is 24.0 Å². The topological polar surface area (TPSA) is 252 Å². The Hall–Kier alpha value is -2.97. The molecule has 0 aromatic heterocycles. The highest BCUT2D eigenvalue weighted by molar-refractivity contribution is 5.93. The largest absolute Gasteiger partial charge is 0.480 e. The second-order valence-corrected chi connectivity index (χ2v) is 5.78. The maximum absolute atomic E-state index is 12.1. The first-order valence-electron chi connectivity index (χ1n) is 8.36. The zero-order chi connectivity index (χ0) is 21.7. The SMILES string of the molecule is NCCCCC(NC(=O)NC(CC(N)=O)C(=O)NNC(=O)[C@@H](N)CO)C(=O)O. The van der Waals surface area contributed by atoms with Gasteiger partial charge in [-0.25, -0.2) is 9.59 Å². The Morgan fingerprint density at radius 1 is 0.929 bits per heavy atom. The van der Waals surface area contributed by atoms with Gasteiger partial charge in [-0.3, -0.25) is 25.2 Å². The van der Waals surface area contributed by atoms with Crippen LogP contribution in [0, 0.1) is 0 Å². The summed E-state index contributed by atoms with van der Waals surface area (Å²) in [7, 11) is 0. The van der Waals surface area contributed by atoms with Crippen molar-refractivity contribution in [3.05, 3.63) is 0 Å². The van der Waals surface area contributed by atoms with Crippen molar-refractivity contribution in [1.82, 2.24) is 21.5 Å². The number of aliphatic carboxylic acids is 1. The number of carbonyl (C=O) groups excluding carboxylic acids is 4. The summed E-state index contributed by atoms with van der Waals surface area (Å²) < 4.78 is 0. The number of carboxylic acids is 1. The molecule has 0 aliphatic heterocycles. The molecule has 28 heavy (non-hydrogen) atoms. The molecule has 5 amide bonds. The van der Waals surface area contributed by atoms with Gasteiger partial charge in [-0.1, -0.05) is 0 Å². The Bertz CT molecular complexity index is 572. The maximum atomic E-state index is 12.1. The minimum absolute atomic E-state index is 0.113. The van der Waals surface area contributed by atoms with E-state index in [1.54, 1.807) is 0 Å². The van der Waals surface area contributed by atoms with E-state index >= 15 is 0 Å². The van der Waals surface area contributed by atoms with E-state index in [4.69, 9.17) is 27.4 Å². The number of rotatable bonds is 12. The van der Waals surface area contributed by atoms with Crippen molar-refractivity contribution < 1.29 is 34.2 Å². The second-order valence-electron chi connectivity index (χ2n) is 5.78. The summed E-state index contributed by atoms with van der Waals surface area (Å²) >= 11 is 0. The molecule has 0 radical (unpaired) electrons. The predicted molar refractivity (Wildman–Crippen MR) is 94.9 cm³/mol. The minimum Gasteiger partial charge on any atom is -0.480 e. The first-order chi connectivity index (χ1) is 13.1. The Labute approximate surface area is 160 Å². The van der Waals surface area contributed by atoms with Crippen LogP contribution >= 0.6 is 0 Å². The highest BCUT2D eigenvalue weighted by atomic mass is 16.4. The van der Waals surface area contributed by atoms with E-state index in [1.165, 1.54) is 0 Å². The van der Waals surface area contributed by atoms with Crippen molar-refractivity contribution in [2.24, 2.45) is 17.2 Å². The molecule has 0 saturated carbocycles. The molecule has 14 nitrogen and oxygen atoms in total. The van der Waals surface area contributed by atoms with Crippen molar-refractivity contribution in [3.63, 3.8) is 0 Å². The Balaban J connectivity index is 4.84. The van der Waals surface area contributed by atoms with Gasteiger partial charge in [-0.2, -0.15) is 0 Å². The van der Waals surface area contributed by atoms with E-state index in [2.05, 4.69) is 10.6 Å². The first-order valence-corrected chi connectivity index (χ1v) is 8.36. The van der Waals surface area contributed by atoms with Gasteiger partial charge in [-0.05, 0) is 25.8 Å². The van der Waals surface area contributed by atoms with Gasteiger partial charge in [0.2, 0.25) is 5.91 Å². The molecule has 12 N–H and O–H groups in total. The number of hydrazine groups is 1. The number of hydrogen-bond donors (Lipinski definition) is 9. The van der Waals surface area contributed by atoms with Gasteiger partial charge in [0.15, 0.2) is 0 Å². The molecular formula is C14H27N7O7. The predicted octanol–water partition coefficient (Wildman–Crippen LogP) is -4.42.